The topological polar surface area (TPSA) is 94.3 Å². The first-order chi connectivity index (χ1) is 4.42. The van der Waals surface area contributed by atoms with Gasteiger partial charge in [0.2, 0.25) is 20.3 Å². The first kappa shape index (κ1) is 9.60. The standard InChI is InChI=1S/C3H7NO4S2/c4-10(7,8)3-1-2-9(5)6/h2H,1,3H2,(H2,4,7,8). The zero-order valence-corrected chi connectivity index (χ0v) is 6.65. The Kier molecular flexibility index (Phi) is 3.54. The lowest BCUT2D eigenvalue weighted by Crippen LogP contribution is -2.16. The van der Waals surface area contributed by atoms with E-state index in [0.29, 0.717) is 0 Å². The lowest BCUT2D eigenvalue weighted by atomic mass is 10.6. The van der Waals surface area contributed by atoms with E-state index in [1.165, 1.54) is 0 Å². The summed E-state index contributed by atoms with van der Waals surface area (Å²) in [6, 6.07) is 0. The van der Waals surface area contributed by atoms with Crippen LogP contribution in [0, 0.1) is 0 Å². The van der Waals surface area contributed by atoms with Crippen LogP contribution in [0.1, 0.15) is 6.42 Å². The molecule has 0 radical (unpaired) electrons. The molecule has 0 aromatic carbocycles. The summed E-state index contributed by atoms with van der Waals surface area (Å²) in [5.41, 5.74) is 0. The molecule has 0 amide bonds. The van der Waals surface area contributed by atoms with Gasteiger partial charge in [-0.05, 0) is 6.42 Å². The summed E-state index contributed by atoms with van der Waals surface area (Å²) in [4.78, 5) is 0. The molecule has 0 bridgehead atoms. The van der Waals surface area contributed by atoms with Gasteiger partial charge in [0.25, 0.3) is 0 Å². The highest BCUT2D eigenvalue weighted by Crippen LogP contribution is 1.79. The van der Waals surface area contributed by atoms with Crippen LogP contribution in [0.3, 0.4) is 0 Å². The van der Waals surface area contributed by atoms with E-state index in [1.807, 2.05) is 0 Å². The molecule has 0 atom stereocenters. The highest BCUT2D eigenvalue weighted by atomic mass is 32.2. The van der Waals surface area contributed by atoms with Gasteiger partial charge in [-0.25, -0.2) is 13.6 Å². The van der Waals surface area contributed by atoms with E-state index in [4.69, 9.17) is 0 Å². The third kappa shape index (κ3) is 7.60. The van der Waals surface area contributed by atoms with Gasteiger partial charge in [-0.3, -0.25) is 0 Å². The van der Waals surface area contributed by atoms with Crippen LogP contribution in [-0.2, 0) is 20.3 Å². The predicted molar refractivity (Wildman–Crippen MR) is 37.6 cm³/mol. The summed E-state index contributed by atoms with van der Waals surface area (Å²) in [5, 5.41) is 5.42. The van der Waals surface area contributed by atoms with Gasteiger partial charge < -0.3 is 0 Å². The summed E-state index contributed by atoms with van der Waals surface area (Å²) >= 11 is 0. The summed E-state index contributed by atoms with van der Waals surface area (Å²) in [5.74, 6) is -0.332. The van der Waals surface area contributed by atoms with Gasteiger partial charge in [0.1, 0.15) is 0 Å². The minimum atomic E-state index is -3.52. The molecule has 0 aromatic heterocycles. The van der Waals surface area contributed by atoms with Gasteiger partial charge in [-0.2, -0.15) is 8.42 Å². The second-order valence-corrected chi connectivity index (χ2v) is 4.17. The molecule has 0 saturated heterocycles. The number of nitrogens with two attached hydrogens (primary N) is 1. The van der Waals surface area contributed by atoms with Crippen LogP contribution < -0.4 is 5.14 Å². The number of rotatable bonds is 3. The fourth-order valence-electron chi connectivity index (χ4n) is 0.309. The Balaban J connectivity index is 3.93. The van der Waals surface area contributed by atoms with Crippen molar-refractivity contribution in [3.05, 3.63) is 0 Å². The van der Waals surface area contributed by atoms with Crippen molar-refractivity contribution in [3.63, 3.8) is 0 Å². The second-order valence-electron chi connectivity index (χ2n) is 1.58. The molecule has 2 N–H and O–H groups in total. The fraction of sp³-hybridized carbons (Fsp3) is 0.667. The quantitative estimate of drug-likeness (QED) is 0.533. The van der Waals surface area contributed by atoms with E-state index in [2.05, 4.69) is 5.14 Å². The normalized spacial score (nSPS) is 10.9. The van der Waals surface area contributed by atoms with Crippen molar-refractivity contribution in [1.82, 2.24) is 0 Å². The zero-order valence-electron chi connectivity index (χ0n) is 5.02. The molecule has 10 heavy (non-hydrogen) atoms. The van der Waals surface area contributed by atoms with Crippen molar-refractivity contribution < 1.29 is 16.8 Å². The minimum absolute atomic E-state index is 0.0606. The van der Waals surface area contributed by atoms with Crippen LogP contribution in [0.15, 0.2) is 0 Å². The van der Waals surface area contributed by atoms with Crippen LogP contribution in [-0.4, -0.2) is 28.0 Å². The number of primary sulfonamides is 1. The molecule has 5 nitrogen and oxygen atoms in total. The lowest BCUT2D eigenvalue weighted by molar-refractivity contribution is 0.598. The maximum Gasteiger partial charge on any atom is 0.209 e. The third-order valence-electron chi connectivity index (χ3n) is 0.656. The highest BCUT2D eigenvalue weighted by Gasteiger charge is 1.98. The van der Waals surface area contributed by atoms with E-state index in [1.54, 1.807) is 0 Å². The summed E-state index contributed by atoms with van der Waals surface area (Å²) in [6.45, 7) is 0. The molecular formula is C3H7NO4S2. The van der Waals surface area contributed by atoms with Gasteiger partial charge in [-0.1, -0.05) is 0 Å². The SMILES string of the molecule is NS(=O)(=O)CCC=S(=O)=O. The van der Waals surface area contributed by atoms with Gasteiger partial charge >= 0.3 is 0 Å². The van der Waals surface area contributed by atoms with Crippen molar-refractivity contribution in [2.45, 2.75) is 6.42 Å². The van der Waals surface area contributed by atoms with Crippen molar-refractivity contribution >= 4 is 25.7 Å². The first-order valence-electron chi connectivity index (χ1n) is 2.33. The average molecular weight is 185 g/mol. The van der Waals surface area contributed by atoms with Crippen molar-refractivity contribution in [2.75, 3.05) is 5.75 Å². The Hall–Kier alpha value is -0.400. The molecule has 0 aliphatic heterocycles. The average Bonchev–Trinajstić information content (AvgIpc) is 1.59. The smallest absolute Gasteiger partial charge is 0.209 e. The highest BCUT2D eigenvalue weighted by molar-refractivity contribution is 7.89. The molecule has 0 saturated carbocycles. The molecule has 0 aromatic rings. The predicted octanol–water partition coefficient (Wildman–Crippen LogP) is -1.65. The fourth-order valence-corrected chi connectivity index (χ4v) is 1.21. The maximum atomic E-state index is 10.2. The van der Waals surface area contributed by atoms with Gasteiger partial charge in [-0.15, -0.1) is 0 Å². The van der Waals surface area contributed by atoms with Crippen LogP contribution in [0.25, 0.3) is 0 Å². The Morgan fingerprint density at radius 2 is 1.90 bits per heavy atom. The summed E-state index contributed by atoms with van der Waals surface area (Å²) in [6.07, 6.45) is -0.0606. The molecule has 60 valence electrons. The molecule has 0 heterocycles. The molecule has 0 unspecified atom stereocenters. The van der Waals surface area contributed by atoms with Crippen LogP contribution in [0.4, 0.5) is 0 Å². The second kappa shape index (κ2) is 3.69. The third-order valence-corrected chi connectivity index (χ3v) is 1.97. The zero-order chi connectivity index (χ0) is 8.20. The largest absolute Gasteiger partial charge is 0.229 e. The van der Waals surface area contributed by atoms with Crippen molar-refractivity contribution in [2.24, 2.45) is 5.14 Å². The Morgan fingerprint density at radius 3 is 2.20 bits per heavy atom. The van der Waals surface area contributed by atoms with E-state index >= 15 is 0 Å². The van der Waals surface area contributed by atoms with E-state index in [0.717, 1.165) is 5.37 Å². The molecule has 0 spiro atoms. The van der Waals surface area contributed by atoms with E-state index in [9.17, 15) is 16.8 Å². The van der Waals surface area contributed by atoms with Crippen molar-refractivity contribution in [3.8, 4) is 0 Å². The van der Waals surface area contributed by atoms with Crippen LogP contribution in [0.5, 0.6) is 0 Å². The van der Waals surface area contributed by atoms with Crippen LogP contribution >= 0.6 is 0 Å². The minimum Gasteiger partial charge on any atom is -0.229 e. The monoisotopic (exact) mass is 185 g/mol. The summed E-state index contributed by atoms with van der Waals surface area (Å²) < 4.78 is 39.9. The molecule has 0 fully saturated rings. The number of sulfonamides is 1. The van der Waals surface area contributed by atoms with Crippen LogP contribution in [0.2, 0.25) is 0 Å². The molecular weight excluding hydrogens is 178 g/mol. The summed E-state index contributed by atoms with van der Waals surface area (Å²) in [7, 11) is -5.82. The Labute approximate surface area is 60.4 Å². The van der Waals surface area contributed by atoms with E-state index < -0.39 is 20.3 Å². The first-order valence-corrected chi connectivity index (χ1v) is 5.19. The molecule has 0 rings (SSSR count). The number of hydrogen-bond donors (Lipinski definition) is 1. The van der Waals surface area contributed by atoms with Gasteiger partial charge in [0.15, 0.2) is 0 Å². The van der Waals surface area contributed by atoms with Gasteiger partial charge in [0.05, 0.1) is 5.75 Å². The van der Waals surface area contributed by atoms with Crippen molar-refractivity contribution in [1.29, 1.82) is 0 Å². The Morgan fingerprint density at radius 1 is 1.40 bits per heavy atom. The Bertz CT molecular complexity index is 302. The molecule has 7 heteroatoms. The van der Waals surface area contributed by atoms with E-state index in [-0.39, 0.29) is 12.2 Å². The maximum absolute atomic E-state index is 10.2. The molecule has 0 aliphatic carbocycles. The number of hydrogen-bond acceptors (Lipinski definition) is 4. The lowest BCUT2D eigenvalue weighted by Gasteiger charge is -1.88. The van der Waals surface area contributed by atoms with Gasteiger partial charge in [0, 0.05) is 5.37 Å². The molecule has 0 aliphatic rings.